The molecule has 0 radical (unpaired) electrons. The molecule has 2 N–H and O–H groups in total. The smallest absolute Gasteiger partial charge is 0.254 e. The molecule has 13 heavy (non-hydrogen) atoms. The van der Waals surface area contributed by atoms with E-state index >= 15 is 0 Å². The van der Waals surface area contributed by atoms with E-state index in [9.17, 15) is 9.90 Å². The minimum absolute atomic E-state index is 0.0828. The molecular weight excluding hydrogens is 166 g/mol. The van der Waals surface area contributed by atoms with E-state index in [0.717, 1.165) is 12.1 Å². The quantitative estimate of drug-likeness (QED) is 0.728. The van der Waals surface area contributed by atoms with Gasteiger partial charge in [-0.3, -0.25) is 4.79 Å². The average molecular weight is 181 g/mol. The Morgan fingerprint density at radius 1 is 1.54 bits per heavy atom. The van der Waals surface area contributed by atoms with Crippen molar-refractivity contribution in [3.63, 3.8) is 0 Å². The fraction of sp³-hybridized carbons (Fsp3) is 0.500. The molecule has 1 heterocycles. The van der Waals surface area contributed by atoms with E-state index < -0.39 is 0 Å². The number of H-pyrrole nitrogens is 1. The summed E-state index contributed by atoms with van der Waals surface area (Å²) in [7, 11) is 0. The molecule has 0 saturated heterocycles. The van der Waals surface area contributed by atoms with E-state index in [0.29, 0.717) is 11.5 Å². The lowest BCUT2D eigenvalue weighted by Crippen LogP contribution is -2.12. The van der Waals surface area contributed by atoms with Gasteiger partial charge in [0.05, 0.1) is 5.56 Å². The zero-order valence-corrected chi connectivity index (χ0v) is 8.22. The molecular formula is C10H15NO2. The first kappa shape index (κ1) is 9.84. The fourth-order valence-electron chi connectivity index (χ4n) is 1.22. The largest absolute Gasteiger partial charge is 0.507 e. The van der Waals surface area contributed by atoms with Gasteiger partial charge < -0.3 is 10.1 Å². The van der Waals surface area contributed by atoms with Crippen molar-refractivity contribution in [1.82, 2.24) is 4.98 Å². The van der Waals surface area contributed by atoms with Gasteiger partial charge >= 0.3 is 0 Å². The van der Waals surface area contributed by atoms with Crippen molar-refractivity contribution < 1.29 is 5.11 Å². The Balaban J connectivity index is 3.06. The molecule has 0 unspecified atom stereocenters. The zero-order valence-electron chi connectivity index (χ0n) is 8.22. The lowest BCUT2D eigenvalue weighted by atomic mass is 10.1. The molecule has 3 nitrogen and oxygen atoms in total. The van der Waals surface area contributed by atoms with Crippen molar-refractivity contribution in [1.29, 1.82) is 0 Å². The Morgan fingerprint density at radius 2 is 2.15 bits per heavy atom. The Labute approximate surface area is 77.4 Å². The van der Waals surface area contributed by atoms with Crippen LogP contribution in [0.1, 0.15) is 25.1 Å². The summed E-state index contributed by atoms with van der Waals surface area (Å²) in [5.74, 6) is 0.553. The van der Waals surface area contributed by atoms with Gasteiger partial charge in [0.1, 0.15) is 5.75 Å². The van der Waals surface area contributed by atoms with Gasteiger partial charge in [0.2, 0.25) is 0 Å². The molecule has 1 rings (SSSR count). The molecule has 0 fully saturated rings. The third-order valence-electron chi connectivity index (χ3n) is 1.94. The molecule has 1 aromatic heterocycles. The van der Waals surface area contributed by atoms with Gasteiger partial charge in [-0.15, -0.1) is 0 Å². The van der Waals surface area contributed by atoms with Crippen molar-refractivity contribution in [3.05, 3.63) is 27.7 Å². The summed E-state index contributed by atoms with van der Waals surface area (Å²) in [5, 5.41) is 9.37. The second-order valence-electron chi connectivity index (χ2n) is 3.73. The lowest BCUT2D eigenvalue weighted by Gasteiger charge is -2.06. The molecule has 0 aliphatic carbocycles. The van der Waals surface area contributed by atoms with Gasteiger partial charge in [-0.2, -0.15) is 0 Å². The van der Waals surface area contributed by atoms with E-state index in [-0.39, 0.29) is 11.3 Å². The van der Waals surface area contributed by atoms with Crippen LogP contribution in [0.5, 0.6) is 5.75 Å². The summed E-state index contributed by atoms with van der Waals surface area (Å²) in [5.41, 5.74) is 0.978. The lowest BCUT2D eigenvalue weighted by molar-refractivity contribution is 0.467. The standard InChI is InChI=1S/C10H15NO2/c1-6(2)4-8-5-9(12)7(3)10(13)11-8/h5-6H,4H2,1-3H3,(H2,11,12,13). The molecule has 3 heteroatoms. The van der Waals surface area contributed by atoms with Crippen molar-refractivity contribution in [2.24, 2.45) is 5.92 Å². The van der Waals surface area contributed by atoms with Crippen LogP contribution in [0.15, 0.2) is 10.9 Å². The number of hydrogen-bond acceptors (Lipinski definition) is 2. The highest BCUT2D eigenvalue weighted by Gasteiger charge is 2.04. The summed E-state index contributed by atoms with van der Waals surface area (Å²) in [6.07, 6.45) is 0.781. The van der Waals surface area contributed by atoms with E-state index in [2.05, 4.69) is 18.8 Å². The second kappa shape index (κ2) is 3.64. The number of nitrogens with one attached hydrogen (secondary N) is 1. The third kappa shape index (κ3) is 2.34. The predicted molar refractivity (Wildman–Crippen MR) is 52.0 cm³/mol. The van der Waals surface area contributed by atoms with Gasteiger partial charge in [0, 0.05) is 5.69 Å². The maximum Gasteiger partial charge on any atom is 0.254 e. The van der Waals surface area contributed by atoms with Crippen LogP contribution in [0.4, 0.5) is 0 Å². The molecule has 0 aliphatic rings. The Bertz CT molecular complexity index is 352. The van der Waals surface area contributed by atoms with Crippen LogP contribution in [0.3, 0.4) is 0 Å². The first-order valence-corrected chi connectivity index (χ1v) is 4.42. The highest BCUT2D eigenvalue weighted by Crippen LogP contribution is 2.13. The normalized spacial score (nSPS) is 10.8. The molecule has 0 atom stereocenters. The van der Waals surface area contributed by atoms with Gasteiger partial charge in [-0.25, -0.2) is 0 Å². The number of aromatic nitrogens is 1. The third-order valence-corrected chi connectivity index (χ3v) is 1.94. The van der Waals surface area contributed by atoms with E-state index in [1.54, 1.807) is 13.0 Å². The molecule has 0 aliphatic heterocycles. The fourth-order valence-corrected chi connectivity index (χ4v) is 1.22. The monoisotopic (exact) mass is 181 g/mol. The maximum atomic E-state index is 11.2. The van der Waals surface area contributed by atoms with Gasteiger partial charge in [-0.05, 0) is 25.3 Å². The molecule has 0 bridgehead atoms. The van der Waals surface area contributed by atoms with Crippen molar-refractivity contribution in [2.45, 2.75) is 27.2 Å². The molecule has 0 spiro atoms. The molecule has 1 aromatic rings. The summed E-state index contributed by atoms with van der Waals surface area (Å²) in [4.78, 5) is 14.0. The maximum absolute atomic E-state index is 11.2. The zero-order chi connectivity index (χ0) is 10.0. The van der Waals surface area contributed by atoms with Crippen LogP contribution in [-0.4, -0.2) is 10.1 Å². The SMILES string of the molecule is Cc1c(O)cc(CC(C)C)[nH]c1=O. The van der Waals surface area contributed by atoms with Crippen LogP contribution in [0.25, 0.3) is 0 Å². The van der Waals surface area contributed by atoms with Crippen molar-refractivity contribution in [2.75, 3.05) is 0 Å². The van der Waals surface area contributed by atoms with Crippen LogP contribution in [0.2, 0.25) is 0 Å². The van der Waals surface area contributed by atoms with E-state index in [1.165, 1.54) is 0 Å². The first-order valence-electron chi connectivity index (χ1n) is 4.42. The molecule has 0 saturated carbocycles. The first-order chi connectivity index (χ1) is 6.00. The Morgan fingerprint density at radius 3 is 2.62 bits per heavy atom. The molecule has 0 aromatic carbocycles. The van der Waals surface area contributed by atoms with Crippen LogP contribution in [-0.2, 0) is 6.42 Å². The minimum Gasteiger partial charge on any atom is -0.507 e. The van der Waals surface area contributed by atoms with Crippen molar-refractivity contribution >= 4 is 0 Å². The Hall–Kier alpha value is -1.25. The van der Waals surface area contributed by atoms with Crippen LogP contribution in [0, 0.1) is 12.8 Å². The highest BCUT2D eigenvalue weighted by molar-refractivity contribution is 5.30. The predicted octanol–water partition coefficient (Wildman–Crippen LogP) is 1.59. The number of rotatable bonds is 2. The van der Waals surface area contributed by atoms with Gasteiger partial charge in [0.25, 0.3) is 5.56 Å². The van der Waals surface area contributed by atoms with Gasteiger partial charge in [0.15, 0.2) is 0 Å². The average Bonchev–Trinajstić information content (AvgIpc) is 1.98. The van der Waals surface area contributed by atoms with Crippen molar-refractivity contribution in [3.8, 4) is 5.75 Å². The summed E-state index contributed by atoms with van der Waals surface area (Å²) >= 11 is 0. The minimum atomic E-state index is -0.198. The number of hydrogen-bond donors (Lipinski definition) is 2. The number of aromatic amines is 1. The highest BCUT2D eigenvalue weighted by atomic mass is 16.3. The summed E-state index contributed by atoms with van der Waals surface area (Å²) in [6, 6.07) is 1.62. The van der Waals surface area contributed by atoms with Gasteiger partial charge in [-0.1, -0.05) is 13.8 Å². The molecule has 0 amide bonds. The molecule has 72 valence electrons. The number of pyridine rings is 1. The second-order valence-corrected chi connectivity index (χ2v) is 3.73. The van der Waals surface area contributed by atoms with E-state index in [4.69, 9.17) is 0 Å². The van der Waals surface area contributed by atoms with Crippen LogP contribution >= 0.6 is 0 Å². The van der Waals surface area contributed by atoms with Crippen LogP contribution < -0.4 is 5.56 Å². The van der Waals surface area contributed by atoms with E-state index in [1.807, 2.05) is 0 Å². The Kier molecular flexibility index (Phi) is 2.76. The summed E-state index contributed by atoms with van der Waals surface area (Å²) in [6.45, 7) is 5.73. The summed E-state index contributed by atoms with van der Waals surface area (Å²) < 4.78 is 0. The topological polar surface area (TPSA) is 53.1 Å². The number of aromatic hydroxyl groups is 1.